The van der Waals surface area contributed by atoms with E-state index < -0.39 is 11.9 Å². The number of fused-ring (bicyclic) bond motifs is 1. The van der Waals surface area contributed by atoms with Crippen LogP contribution in [0.4, 0.5) is 0 Å². The van der Waals surface area contributed by atoms with Crippen molar-refractivity contribution in [1.82, 2.24) is 0 Å². The summed E-state index contributed by atoms with van der Waals surface area (Å²) in [6.45, 7) is 17.6. The second-order valence-electron chi connectivity index (χ2n) is 12.8. The molecule has 1 heterocycles. The number of carbonyl (C=O) groups excluding carboxylic acids is 1. The van der Waals surface area contributed by atoms with Gasteiger partial charge in [0.15, 0.2) is 0 Å². The van der Waals surface area contributed by atoms with Gasteiger partial charge in [-0.25, -0.2) is 0 Å². The Bertz CT molecular complexity index is 941. The predicted octanol–water partition coefficient (Wildman–Crippen LogP) is 8.52. The number of benzene rings is 1. The predicted molar refractivity (Wildman–Crippen MR) is 161 cm³/mol. The normalized spacial score (nSPS) is 18.1. The number of rotatable bonds is 16. The van der Waals surface area contributed by atoms with Crippen LogP contribution >= 0.6 is 0 Å². The molecule has 0 bridgehead atoms. The smallest absolute Gasteiger partial charge is 0.311 e. The van der Waals surface area contributed by atoms with Gasteiger partial charge in [0.1, 0.15) is 17.1 Å². The van der Waals surface area contributed by atoms with Crippen LogP contribution in [-0.2, 0) is 16.0 Å². The molecule has 218 valence electrons. The Morgan fingerprint density at radius 1 is 0.872 bits per heavy atom. The fraction of sp³-hybridized carbons (Fsp3) is 0.758. The van der Waals surface area contributed by atoms with E-state index in [0.29, 0.717) is 5.75 Å². The summed E-state index contributed by atoms with van der Waals surface area (Å²) < 4.78 is 12.3. The fourth-order valence-electron chi connectivity index (χ4n) is 5.79. The molecule has 0 saturated carbocycles. The molecule has 2 radical (unpaired) electrons. The summed E-state index contributed by atoms with van der Waals surface area (Å²) in [5, 5.41) is 8.85. The minimum absolute atomic E-state index is 0. The number of carbonyl (C=O) groups is 2. The van der Waals surface area contributed by atoms with Gasteiger partial charge in [-0.3, -0.25) is 9.59 Å². The molecule has 1 aromatic carbocycles. The Labute approximate surface area is 268 Å². The van der Waals surface area contributed by atoms with Gasteiger partial charge in [0.2, 0.25) is 0 Å². The maximum absolute atomic E-state index is 12.2. The average Bonchev–Trinajstić information content (AvgIpc) is 2.83. The van der Waals surface area contributed by atoms with Crippen molar-refractivity contribution in [1.29, 1.82) is 0 Å². The van der Waals surface area contributed by atoms with Crippen molar-refractivity contribution in [3.63, 3.8) is 0 Å². The molecule has 0 amide bonds. The van der Waals surface area contributed by atoms with Crippen molar-refractivity contribution >= 4 is 49.7 Å². The Balaban J connectivity index is 0.00000760. The number of carboxylic acids is 1. The summed E-state index contributed by atoms with van der Waals surface area (Å²) >= 11 is 0. The number of hydrogen-bond acceptors (Lipinski definition) is 4. The van der Waals surface area contributed by atoms with E-state index in [2.05, 4.69) is 34.6 Å². The molecule has 1 N–H and O–H groups in total. The van der Waals surface area contributed by atoms with Gasteiger partial charge < -0.3 is 14.6 Å². The first-order valence-corrected chi connectivity index (χ1v) is 15.1. The van der Waals surface area contributed by atoms with Crippen LogP contribution in [0.2, 0.25) is 0 Å². The maximum atomic E-state index is 12.2. The zero-order valence-electron chi connectivity index (χ0n) is 26.2. The van der Waals surface area contributed by atoms with Gasteiger partial charge in [0.05, 0.1) is 12.8 Å². The fourth-order valence-corrected chi connectivity index (χ4v) is 5.79. The van der Waals surface area contributed by atoms with Gasteiger partial charge in [-0.2, -0.15) is 0 Å². The first kappa shape index (κ1) is 36.2. The molecule has 1 aromatic rings. The quantitative estimate of drug-likeness (QED) is 0.122. The summed E-state index contributed by atoms with van der Waals surface area (Å²) in [5.41, 5.74) is 3.76. The van der Waals surface area contributed by atoms with Crippen LogP contribution in [-0.4, -0.2) is 60.4 Å². The van der Waals surface area contributed by atoms with Gasteiger partial charge in [0, 0.05) is 43.3 Å². The van der Waals surface area contributed by atoms with E-state index in [1.54, 1.807) is 0 Å². The third-order valence-electron chi connectivity index (χ3n) is 8.60. The third kappa shape index (κ3) is 11.9. The molecule has 3 atom stereocenters. The maximum Gasteiger partial charge on any atom is 0.311 e. The molecule has 1 aliphatic rings. The molecule has 0 fully saturated rings. The summed E-state index contributed by atoms with van der Waals surface area (Å²) in [4.78, 5) is 23.0. The van der Waals surface area contributed by atoms with E-state index >= 15 is 0 Å². The van der Waals surface area contributed by atoms with Crippen LogP contribution in [0.15, 0.2) is 0 Å². The number of aliphatic carboxylic acids is 1. The van der Waals surface area contributed by atoms with E-state index in [4.69, 9.17) is 14.6 Å². The topological polar surface area (TPSA) is 72.8 Å². The van der Waals surface area contributed by atoms with E-state index in [1.807, 2.05) is 20.8 Å². The molecule has 2 rings (SSSR count). The van der Waals surface area contributed by atoms with Gasteiger partial charge in [-0.05, 0) is 87.8 Å². The minimum atomic E-state index is -0.999. The molecule has 0 aliphatic carbocycles. The average molecular weight is 571 g/mol. The van der Waals surface area contributed by atoms with Crippen LogP contribution in [0.5, 0.6) is 11.5 Å². The van der Waals surface area contributed by atoms with Crippen LogP contribution in [0.3, 0.4) is 0 Å². The molecule has 5 nitrogen and oxygen atoms in total. The van der Waals surface area contributed by atoms with Crippen molar-refractivity contribution in [2.24, 2.45) is 17.8 Å². The van der Waals surface area contributed by atoms with Crippen molar-refractivity contribution in [3.05, 3.63) is 22.3 Å². The first-order valence-electron chi connectivity index (χ1n) is 15.1. The summed E-state index contributed by atoms with van der Waals surface area (Å²) in [7, 11) is 0. The SMILES string of the molecule is Cc1c(C)c2c(c(C)c1OC(=O)CCC(=O)O)CCC(C)(CCCC(C)CCCC(C)CCCC(C)C)O2.[Ca]. The van der Waals surface area contributed by atoms with E-state index in [-0.39, 0.29) is 56.2 Å². The molecule has 1 aliphatic heterocycles. The minimum Gasteiger partial charge on any atom is -0.487 e. The van der Waals surface area contributed by atoms with Crippen LogP contribution in [0, 0.1) is 38.5 Å². The Morgan fingerprint density at radius 3 is 2.00 bits per heavy atom. The second-order valence-corrected chi connectivity index (χ2v) is 12.8. The van der Waals surface area contributed by atoms with Gasteiger partial charge in [-0.15, -0.1) is 0 Å². The molecule has 39 heavy (non-hydrogen) atoms. The zero-order chi connectivity index (χ0) is 28.5. The van der Waals surface area contributed by atoms with Gasteiger partial charge in [0.25, 0.3) is 0 Å². The molecule has 6 heteroatoms. The largest absolute Gasteiger partial charge is 0.487 e. The van der Waals surface area contributed by atoms with Crippen LogP contribution in [0.1, 0.15) is 134 Å². The van der Waals surface area contributed by atoms with Crippen molar-refractivity contribution in [2.45, 2.75) is 144 Å². The second kappa shape index (κ2) is 17.2. The van der Waals surface area contributed by atoms with Crippen LogP contribution in [0.25, 0.3) is 0 Å². The first-order chi connectivity index (χ1) is 17.8. The summed E-state index contributed by atoms with van der Waals surface area (Å²) in [6.07, 6.45) is 13.1. The summed E-state index contributed by atoms with van der Waals surface area (Å²) in [6, 6.07) is 0. The van der Waals surface area contributed by atoms with Crippen LogP contribution < -0.4 is 9.47 Å². The number of esters is 1. The third-order valence-corrected chi connectivity index (χ3v) is 8.60. The Kier molecular flexibility index (Phi) is 16.0. The molecule has 0 saturated heterocycles. The molecular weight excluding hydrogens is 516 g/mol. The van der Waals surface area contributed by atoms with Gasteiger partial charge in [-0.1, -0.05) is 72.6 Å². The Hall–Kier alpha value is -0.780. The zero-order valence-corrected chi connectivity index (χ0v) is 28.4. The number of carboxylic acid groups (broad SMARTS) is 1. The molecule has 3 unspecified atom stereocenters. The molecule has 0 aromatic heterocycles. The molecular formula is C33H54CaO5. The number of ether oxygens (including phenoxy) is 2. The van der Waals surface area contributed by atoms with Crippen molar-refractivity contribution in [3.8, 4) is 11.5 Å². The van der Waals surface area contributed by atoms with Crippen molar-refractivity contribution < 1.29 is 24.2 Å². The standard InChI is InChI=1S/C33H54O5.Ca/c1-22(2)12-9-13-23(3)14-10-15-24(4)16-11-20-33(8)21-19-28-27(7)31(25(5)26(6)32(28)38-33)37-30(36)18-17-29(34)35;/h22-24H,9-21H2,1-8H3,(H,34,35);. The van der Waals surface area contributed by atoms with E-state index in [0.717, 1.165) is 65.0 Å². The van der Waals surface area contributed by atoms with Crippen molar-refractivity contribution in [2.75, 3.05) is 0 Å². The van der Waals surface area contributed by atoms with Gasteiger partial charge >= 0.3 is 11.9 Å². The summed E-state index contributed by atoms with van der Waals surface area (Å²) in [5.74, 6) is 2.42. The van der Waals surface area contributed by atoms with E-state index in [9.17, 15) is 9.59 Å². The molecule has 0 spiro atoms. The van der Waals surface area contributed by atoms with E-state index in [1.165, 1.54) is 51.4 Å². The monoisotopic (exact) mass is 570 g/mol. The Morgan fingerprint density at radius 2 is 1.44 bits per heavy atom. The number of hydrogen-bond donors (Lipinski definition) is 1.